The fraction of sp³-hybridized carbons (Fsp3) is 0.360. The summed E-state index contributed by atoms with van der Waals surface area (Å²) >= 11 is 0. The van der Waals surface area contributed by atoms with Crippen molar-refractivity contribution in [2.75, 3.05) is 25.0 Å². The predicted octanol–water partition coefficient (Wildman–Crippen LogP) is 4.61. The van der Waals surface area contributed by atoms with Gasteiger partial charge in [-0.2, -0.15) is 0 Å². The molecule has 1 aliphatic rings. The Kier molecular flexibility index (Phi) is 5.62. The van der Waals surface area contributed by atoms with E-state index in [0.717, 1.165) is 53.7 Å². The van der Waals surface area contributed by atoms with Gasteiger partial charge in [0, 0.05) is 48.9 Å². The molecule has 1 aromatic heterocycles. The van der Waals surface area contributed by atoms with Crippen LogP contribution in [0.2, 0.25) is 0 Å². The van der Waals surface area contributed by atoms with Crippen LogP contribution in [0.1, 0.15) is 31.7 Å². The number of carbonyl (C=O) groups is 1. The van der Waals surface area contributed by atoms with E-state index in [4.69, 9.17) is 4.42 Å². The van der Waals surface area contributed by atoms with Gasteiger partial charge < -0.3 is 14.2 Å². The molecule has 1 saturated heterocycles. The van der Waals surface area contributed by atoms with Gasteiger partial charge in [-0.25, -0.2) is 4.79 Å². The van der Waals surface area contributed by atoms with E-state index in [1.165, 1.54) is 6.42 Å². The van der Waals surface area contributed by atoms with E-state index in [1.54, 1.807) is 6.07 Å². The molecule has 1 aliphatic heterocycles. The summed E-state index contributed by atoms with van der Waals surface area (Å²) < 4.78 is 5.53. The molecule has 0 saturated carbocycles. The minimum Gasteiger partial charge on any atom is -0.423 e. The maximum Gasteiger partial charge on any atom is 0.336 e. The molecule has 0 aliphatic carbocycles. The lowest BCUT2D eigenvalue weighted by atomic mass is 9.98. The molecule has 156 valence electrons. The van der Waals surface area contributed by atoms with Gasteiger partial charge in [-0.1, -0.05) is 24.3 Å². The van der Waals surface area contributed by atoms with Crippen molar-refractivity contribution in [1.82, 2.24) is 4.90 Å². The molecule has 3 aromatic rings. The summed E-state index contributed by atoms with van der Waals surface area (Å²) in [5, 5.41) is 0.885. The highest BCUT2D eigenvalue weighted by Gasteiger charge is 2.25. The molecule has 0 N–H and O–H groups in total. The third-order valence-corrected chi connectivity index (χ3v) is 6.18. The monoisotopic (exact) mass is 404 g/mol. The number of benzene rings is 2. The molecule has 2 aromatic carbocycles. The second-order valence-electron chi connectivity index (χ2n) is 8.15. The van der Waals surface area contributed by atoms with E-state index in [9.17, 15) is 9.59 Å². The van der Waals surface area contributed by atoms with E-state index in [2.05, 4.69) is 0 Å². The van der Waals surface area contributed by atoms with Gasteiger partial charge in [0.25, 0.3) is 0 Å². The Hall–Kier alpha value is -3.08. The molecule has 30 heavy (non-hydrogen) atoms. The third-order valence-electron chi connectivity index (χ3n) is 6.18. The number of hydrogen-bond donors (Lipinski definition) is 0. The molecule has 5 heteroatoms. The third kappa shape index (κ3) is 3.84. The number of likely N-dealkylation sites (tertiary alicyclic amines) is 1. The fourth-order valence-corrected chi connectivity index (χ4v) is 4.24. The maximum atomic E-state index is 12.9. The van der Waals surface area contributed by atoms with Crippen LogP contribution in [0.5, 0.6) is 0 Å². The first-order valence-electron chi connectivity index (χ1n) is 10.6. The summed E-state index contributed by atoms with van der Waals surface area (Å²) in [5.74, 6) is 0.146. The largest absolute Gasteiger partial charge is 0.423 e. The minimum atomic E-state index is -0.377. The summed E-state index contributed by atoms with van der Waals surface area (Å²) in [6.45, 7) is 5.64. The molecular weight excluding hydrogens is 376 g/mol. The summed E-state index contributed by atoms with van der Waals surface area (Å²) in [6.07, 6.45) is 3.34. The van der Waals surface area contributed by atoms with Crippen molar-refractivity contribution in [1.29, 1.82) is 0 Å². The standard InChI is InChI=1S/C25H28N2O3/c1-17-9-5-6-10-20(17)22-16-24(28)30-23-15-19(11-12-21(22)23)26(3)18(2)25(29)27-13-7-4-8-14-27/h5-6,9-12,15-16,18H,4,7-8,13-14H2,1-3H3. The summed E-state index contributed by atoms with van der Waals surface area (Å²) in [5.41, 5.74) is 3.99. The zero-order valence-electron chi connectivity index (χ0n) is 17.9. The first-order valence-corrected chi connectivity index (χ1v) is 10.6. The number of likely N-dealkylation sites (N-methyl/N-ethyl adjacent to an activating group) is 1. The summed E-state index contributed by atoms with van der Waals surface area (Å²) in [6, 6.07) is 15.1. The molecule has 5 nitrogen and oxygen atoms in total. The zero-order chi connectivity index (χ0) is 21.3. The molecule has 0 bridgehead atoms. The maximum absolute atomic E-state index is 12.9. The Labute approximate surface area is 176 Å². The fourth-order valence-electron chi connectivity index (χ4n) is 4.24. The van der Waals surface area contributed by atoms with Crippen molar-refractivity contribution in [3.8, 4) is 11.1 Å². The number of piperidine rings is 1. The molecule has 1 unspecified atom stereocenters. The first-order chi connectivity index (χ1) is 14.5. The smallest absolute Gasteiger partial charge is 0.336 e. The number of rotatable bonds is 4. The van der Waals surface area contributed by atoms with Gasteiger partial charge in [0.15, 0.2) is 0 Å². The highest BCUT2D eigenvalue weighted by Crippen LogP contribution is 2.32. The lowest BCUT2D eigenvalue weighted by Crippen LogP contribution is -2.47. The van der Waals surface area contributed by atoms with Crippen LogP contribution in [0.4, 0.5) is 5.69 Å². The van der Waals surface area contributed by atoms with Crippen molar-refractivity contribution < 1.29 is 9.21 Å². The topological polar surface area (TPSA) is 53.8 Å². The molecule has 1 amide bonds. The van der Waals surface area contributed by atoms with Crippen molar-refractivity contribution in [3.05, 3.63) is 64.5 Å². The molecule has 0 spiro atoms. The predicted molar refractivity (Wildman–Crippen MR) is 121 cm³/mol. The Morgan fingerprint density at radius 1 is 1.03 bits per heavy atom. The normalized spacial score (nSPS) is 15.2. The second kappa shape index (κ2) is 8.34. The van der Waals surface area contributed by atoms with Crippen LogP contribution >= 0.6 is 0 Å². The number of carbonyl (C=O) groups excluding carboxylic acids is 1. The number of amides is 1. The van der Waals surface area contributed by atoms with E-state index in [-0.39, 0.29) is 17.6 Å². The molecular formula is C25H28N2O3. The quantitative estimate of drug-likeness (QED) is 0.596. The van der Waals surface area contributed by atoms with Crippen molar-refractivity contribution in [2.24, 2.45) is 0 Å². The lowest BCUT2D eigenvalue weighted by molar-refractivity contribution is -0.133. The van der Waals surface area contributed by atoms with E-state index in [0.29, 0.717) is 5.58 Å². The molecule has 0 radical (unpaired) electrons. The van der Waals surface area contributed by atoms with Gasteiger partial charge in [0.2, 0.25) is 5.91 Å². The lowest BCUT2D eigenvalue weighted by Gasteiger charge is -2.33. The number of nitrogens with zero attached hydrogens (tertiary/aromatic N) is 2. The average Bonchev–Trinajstić information content (AvgIpc) is 2.77. The highest BCUT2D eigenvalue weighted by atomic mass is 16.4. The van der Waals surface area contributed by atoms with Gasteiger partial charge in [0.1, 0.15) is 11.6 Å². The van der Waals surface area contributed by atoms with Crippen LogP contribution in [0.15, 0.2) is 57.7 Å². The summed E-state index contributed by atoms with van der Waals surface area (Å²) in [4.78, 5) is 29.1. The van der Waals surface area contributed by atoms with Crippen LogP contribution < -0.4 is 10.5 Å². The molecule has 4 rings (SSSR count). The van der Waals surface area contributed by atoms with Crippen molar-refractivity contribution in [3.63, 3.8) is 0 Å². The summed E-state index contributed by atoms with van der Waals surface area (Å²) in [7, 11) is 1.91. The first kappa shape index (κ1) is 20.2. The number of hydrogen-bond acceptors (Lipinski definition) is 4. The highest BCUT2D eigenvalue weighted by molar-refractivity contribution is 5.96. The van der Waals surface area contributed by atoms with Crippen molar-refractivity contribution in [2.45, 2.75) is 39.2 Å². The SMILES string of the molecule is Cc1ccccc1-c1cc(=O)oc2cc(N(C)C(C)C(=O)N3CCCCC3)ccc12. The zero-order valence-corrected chi connectivity index (χ0v) is 17.9. The van der Waals surface area contributed by atoms with Crippen molar-refractivity contribution >= 4 is 22.6 Å². The van der Waals surface area contributed by atoms with Crippen LogP contribution in [-0.4, -0.2) is 37.0 Å². The Balaban J connectivity index is 1.69. The number of aryl methyl sites for hydroxylation is 1. The minimum absolute atomic E-state index is 0.146. The van der Waals surface area contributed by atoms with Gasteiger partial charge in [-0.3, -0.25) is 4.79 Å². The second-order valence-corrected chi connectivity index (χ2v) is 8.15. The van der Waals surface area contributed by atoms with Crippen LogP contribution in [-0.2, 0) is 4.79 Å². The van der Waals surface area contributed by atoms with E-state index >= 15 is 0 Å². The van der Waals surface area contributed by atoms with Gasteiger partial charge in [0.05, 0.1) is 0 Å². The number of fused-ring (bicyclic) bond motifs is 1. The van der Waals surface area contributed by atoms with Crippen LogP contribution in [0, 0.1) is 6.92 Å². The average molecular weight is 405 g/mol. The molecule has 1 fully saturated rings. The molecule has 1 atom stereocenters. The van der Waals surface area contributed by atoms with Gasteiger partial charge in [-0.15, -0.1) is 0 Å². The molecule has 2 heterocycles. The van der Waals surface area contributed by atoms with Gasteiger partial charge in [-0.05, 0) is 56.4 Å². The Bertz CT molecular complexity index is 1130. The van der Waals surface area contributed by atoms with Crippen LogP contribution in [0.3, 0.4) is 0 Å². The van der Waals surface area contributed by atoms with E-state index < -0.39 is 0 Å². The van der Waals surface area contributed by atoms with Gasteiger partial charge >= 0.3 is 5.63 Å². The van der Waals surface area contributed by atoms with E-state index in [1.807, 2.05) is 73.2 Å². The Morgan fingerprint density at radius 3 is 2.50 bits per heavy atom. The number of anilines is 1. The Morgan fingerprint density at radius 2 is 1.77 bits per heavy atom. The van der Waals surface area contributed by atoms with Crippen LogP contribution in [0.25, 0.3) is 22.1 Å².